The number of carbonyl (C=O) groups excluding carboxylic acids is 2. The summed E-state index contributed by atoms with van der Waals surface area (Å²) in [5.74, 6) is -1.44. The smallest absolute Gasteiger partial charge is 0.359 e. The van der Waals surface area contributed by atoms with E-state index >= 15 is 0 Å². The van der Waals surface area contributed by atoms with Crippen molar-refractivity contribution in [1.29, 1.82) is 0 Å². The molecule has 118 valence electrons. The van der Waals surface area contributed by atoms with Crippen LogP contribution in [0.5, 0.6) is 0 Å². The second kappa shape index (κ2) is 9.67. The summed E-state index contributed by atoms with van der Waals surface area (Å²) in [6.45, 7) is 3.66. The van der Waals surface area contributed by atoms with E-state index in [0.717, 1.165) is 10.5 Å². The van der Waals surface area contributed by atoms with Crippen molar-refractivity contribution in [2.24, 2.45) is 10.3 Å². The number of hydrogen-bond acceptors (Lipinski definition) is 6. The van der Waals surface area contributed by atoms with Crippen molar-refractivity contribution in [3.8, 4) is 0 Å². The van der Waals surface area contributed by atoms with Crippen molar-refractivity contribution < 1.29 is 19.1 Å². The van der Waals surface area contributed by atoms with Crippen LogP contribution in [0.25, 0.3) is 0 Å². The molecular formula is C14H16BrN3O4. The molecule has 0 saturated heterocycles. The summed E-state index contributed by atoms with van der Waals surface area (Å²) in [6.07, 6.45) is 0.939. The zero-order valence-corrected chi connectivity index (χ0v) is 13.8. The summed E-state index contributed by atoms with van der Waals surface area (Å²) < 4.78 is 10.4. The van der Waals surface area contributed by atoms with Crippen LogP contribution in [0, 0.1) is 0 Å². The normalized spacial score (nSPS) is 11.3. The van der Waals surface area contributed by atoms with E-state index in [1.54, 1.807) is 26.0 Å². The van der Waals surface area contributed by atoms with Gasteiger partial charge in [0, 0.05) is 4.47 Å². The Morgan fingerprint density at radius 3 is 2.41 bits per heavy atom. The average Bonchev–Trinajstić information content (AvgIpc) is 2.48. The lowest BCUT2D eigenvalue weighted by Crippen LogP contribution is -2.09. The number of halogens is 1. The highest BCUT2D eigenvalue weighted by atomic mass is 79.9. The summed E-state index contributed by atoms with van der Waals surface area (Å²) >= 11 is 3.31. The molecule has 8 heteroatoms. The molecule has 0 heterocycles. The first-order chi connectivity index (χ1) is 10.6. The molecule has 0 aromatic heterocycles. The quantitative estimate of drug-likeness (QED) is 0.345. The molecule has 1 aromatic carbocycles. The fourth-order valence-electron chi connectivity index (χ4n) is 1.29. The Hall–Kier alpha value is -2.22. The minimum Gasteiger partial charge on any atom is -0.463 e. The number of rotatable bonds is 7. The first kappa shape index (κ1) is 17.8. The van der Waals surface area contributed by atoms with Crippen LogP contribution in [0.4, 0.5) is 5.69 Å². The van der Waals surface area contributed by atoms with Gasteiger partial charge in [0.2, 0.25) is 0 Å². The lowest BCUT2D eigenvalue weighted by Gasteiger charge is -2.02. The number of esters is 2. The van der Waals surface area contributed by atoms with Gasteiger partial charge in [-0.25, -0.2) is 9.59 Å². The third kappa shape index (κ3) is 6.49. The van der Waals surface area contributed by atoms with Crippen molar-refractivity contribution in [3.05, 3.63) is 40.5 Å². The second-order valence-corrected chi connectivity index (χ2v) is 4.74. The van der Waals surface area contributed by atoms with Crippen LogP contribution in [0.2, 0.25) is 0 Å². The minimum absolute atomic E-state index is 0.161. The number of ether oxygens (including phenoxy) is 2. The Morgan fingerprint density at radius 2 is 1.82 bits per heavy atom. The molecule has 1 N–H and O–H groups in total. The molecule has 0 fully saturated rings. The standard InChI is InChI=1S/C14H16BrN3O4/c1-3-21-13(19)9-12(14(20)22-4-2)17-18-16-11-7-5-10(15)6-8-11/h5-9H,3-4H2,1-2H3,(H,16,17)/b12-9+. The van der Waals surface area contributed by atoms with Crippen molar-refractivity contribution >= 4 is 33.6 Å². The van der Waals surface area contributed by atoms with E-state index in [4.69, 9.17) is 9.47 Å². The number of benzene rings is 1. The Morgan fingerprint density at radius 1 is 1.18 bits per heavy atom. The third-order valence-corrected chi connectivity index (χ3v) is 2.74. The van der Waals surface area contributed by atoms with E-state index in [1.807, 2.05) is 12.1 Å². The van der Waals surface area contributed by atoms with Crippen LogP contribution >= 0.6 is 15.9 Å². The predicted molar refractivity (Wildman–Crippen MR) is 84.0 cm³/mol. The number of anilines is 1. The highest BCUT2D eigenvalue weighted by Gasteiger charge is 2.13. The molecule has 0 bridgehead atoms. The molecule has 0 radical (unpaired) electrons. The van der Waals surface area contributed by atoms with Gasteiger partial charge in [-0.1, -0.05) is 21.2 Å². The van der Waals surface area contributed by atoms with Crippen LogP contribution in [0.15, 0.2) is 50.8 Å². The topological polar surface area (TPSA) is 89.4 Å². The van der Waals surface area contributed by atoms with Crippen molar-refractivity contribution in [2.45, 2.75) is 13.8 Å². The predicted octanol–water partition coefficient (Wildman–Crippen LogP) is 3.24. The SMILES string of the molecule is CCOC(=O)/C=C(/N=NNc1ccc(Br)cc1)C(=O)OCC. The maximum atomic E-state index is 11.7. The molecule has 0 saturated carbocycles. The highest BCUT2D eigenvalue weighted by Crippen LogP contribution is 2.14. The Bertz CT molecular complexity index is 570. The van der Waals surface area contributed by atoms with E-state index in [9.17, 15) is 9.59 Å². The Kier molecular flexibility index (Phi) is 7.84. The minimum atomic E-state index is -0.753. The first-order valence-electron chi connectivity index (χ1n) is 6.54. The van der Waals surface area contributed by atoms with E-state index in [1.165, 1.54) is 0 Å². The third-order valence-electron chi connectivity index (χ3n) is 2.21. The van der Waals surface area contributed by atoms with Gasteiger partial charge in [-0.15, -0.1) is 5.11 Å². The first-order valence-corrected chi connectivity index (χ1v) is 7.34. The van der Waals surface area contributed by atoms with E-state index in [0.29, 0.717) is 5.69 Å². The molecule has 0 aliphatic heterocycles. The van der Waals surface area contributed by atoms with Gasteiger partial charge in [0.15, 0.2) is 5.70 Å². The van der Waals surface area contributed by atoms with Gasteiger partial charge in [-0.2, -0.15) is 0 Å². The highest BCUT2D eigenvalue weighted by molar-refractivity contribution is 9.10. The van der Waals surface area contributed by atoms with E-state index in [2.05, 4.69) is 31.7 Å². The maximum Gasteiger partial charge on any atom is 0.359 e. The van der Waals surface area contributed by atoms with Gasteiger partial charge >= 0.3 is 11.9 Å². The van der Waals surface area contributed by atoms with Gasteiger partial charge < -0.3 is 9.47 Å². The lowest BCUT2D eigenvalue weighted by atomic mass is 10.3. The largest absolute Gasteiger partial charge is 0.463 e. The van der Waals surface area contributed by atoms with Crippen molar-refractivity contribution in [3.63, 3.8) is 0 Å². The summed E-state index contributed by atoms with van der Waals surface area (Å²) in [5.41, 5.74) is 3.07. The molecule has 1 aromatic rings. The number of hydrogen-bond donors (Lipinski definition) is 1. The second-order valence-electron chi connectivity index (χ2n) is 3.82. The van der Waals surface area contributed by atoms with Crippen molar-refractivity contribution in [2.75, 3.05) is 18.6 Å². The monoisotopic (exact) mass is 369 g/mol. The van der Waals surface area contributed by atoms with Crippen LogP contribution < -0.4 is 5.43 Å². The summed E-state index contributed by atoms with van der Waals surface area (Å²) in [4.78, 5) is 23.1. The van der Waals surface area contributed by atoms with E-state index < -0.39 is 11.9 Å². The molecule has 0 amide bonds. The average molecular weight is 370 g/mol. The maximum absolute atomic E-state index is 11.7. The summed E-state index contributed by atoms with van der Waals surface area (Å²) in [6, 6.07) is 7.17. The summed E-state index contributed by atoms with van der Waals surface area (Å²) in [7, 11) is 0. The fourth-order valence-corrected chi connectivity index (χ4v) is 1.55. The number of nitrogens with zero attached hydrogens (tertiary/aromatic N) is 2. The molecule has 22 heavy (non-hydrogen) atoms. The van der Waals surface area contributed by atoms with E-state index in [-0.39, 0.29) is 18.9 Å². The van der Waals surface area contributed by atoms with Crippen LogP contribution in [-0.4, -0.2) is 25.2 Å². The molecule has 0 unspecified atom stereocenters. The van der Waals surface area contributed by atoms with Crippen LogP contribution in [-0.2, 0) is 19.1 Å². The lowest BCUT2D eigenvalue weighted by molar-refractivity contribution is -0.141. The van der Waals surface area contributed by atoms with Crippen LogP contribution in [0.3, 0.4) is 0 Å². The van der Waals surface area contributed by atoms with Gasteiger partial charge in [0.05, 0.1) is 25.0 Å². The van der Waals surface area contributed by atoms with Crippen LogP contribution in [0.1, 0.15) is 13.8 Å². The van der Waals surface area contributed by atoms with Gasteiger partial charge in [0.25, 0.3) is 0 Å². The molecule has 7 nitrogen and oxygen atoms in total. The zero-order valence-electron chi connectivity index (χ0n) is 12.2. The molecule has 1 rings (SSSR count). The Labute approximate surface area is 136 Å². The van der Waals surface area contributed by atoms with Gasteiger partial charge in [0.1, 0.15) is 0 Å². The molecule has 0 aliphatic rings. The molecular weight excluding hydrogens is 354 g/mol. The fraction of sp³-hybridized carbons (Fsp3) is 0.286. The number of nitrogens with one attached hydrogen (secondary N) is 1. The summed E-state index contributed by atoms with van der Waals surface area (Å²) in [5, 5.41) is 7.34. The zero-order chi connectivity index (χ0) is 16.4. The van der Waals surface area contributed by atoms with Gasteiger partial charge in [-0.05, 0) is 38.1 Å². The van der Waals surface area contributed by atoms with Gasteiger partial charge in [-0.3, -0.25) is 5.43 Å². The molecule has 0 spiro atoms. The molecule has 0 aliphatic carbocycles. The van der Waals surface area contributed by atoms with Crippen molar-refractivity contribution in [1.82, 2.24) is 0 Å². The molecule has 0 atom stereocenters. The Balaban J connectivity index is 2.78. The number of carbonyl (C=O) groups is 2.